The summed E-state index contributed by atoms with van der Waals surface area (Å²) in [5, 5.41) is 2.90. The van der Waals surface area contributed by atoms with Crippen molar-refractivity contribution in [2.75, 3.05) is 11.9 Å². The molecule has 1 amide bonds. The number of ether oxygens (including phenoxy) is 1. The van der Waals surface area contributed by atoms with Crippen LogP contribution in [0.3, 0.4) is 0 Å². The summed E-state index contributed by atoms with van der Waals surface area (Å²) in [4.78, 5) is 12.2. The second kappa shape index (κ2) is 7.87. The molecule has 0 atom stereocenters. The maximum atomic E-state index is 12.2. The summed E-state index contributed by atoms with van der Waals surface area (Å²) in [5.41, 5.74) is 2.85. The number of carbonyl (C=O) groups excluding carboxylic acids is 1. The lowest BCUT2D eigenvalue weighted by molar-refractivity contribution is -0.118. The van der Waals surface area contributed by atoms with Crippen LogP contribution in [0.1, 0.15) is 31.9 Å². The van der Waals surface area contributed by atoms with Crippen LogP contribution < -0.4 is 10.1 Å². The lowest BCUT2D eigenvalue weighted by Crippen LogP contribution is -2.22. The van der Waals surface area contributed by atoms with Gasteiger partial charge in [-0.15, -0.1) is 0 Å². The van der Waals surface area contributed by atoms with E-state index in [0.29, 0.717) is 0 Å². The first-order chi connectivity index (χ1) is 11.2. The molecule has 0 aliphatic carbocycles. The van der Waals surface area contributed by atoms with Gasteiger partial charge in [-0.2, -0.15) is 0 Å². The number of hydrogen-bond donors (Lipinski definition) is 1. The quantitative estimate of drug-likeness (QED) is 0.547. The maximum absolute atomic E-state index is 12.2. The molecule has 0 bridgehead atoms. The second-order valence-electron chi connectivity index (χ2n) is 6.69. The molecule has 0 heterocycles. The minimum atomic E-state index is -0.165. The highest BCUT2D eigenvalue weighted by molar-refractivity contribution is 14.1. The van der Waals surface area contributed by atoms with Crippen molar-refractivity contribution in [1.29, 1.82) is 0 Å². The third kappa shape index (κ3) is 5.21. The van der Waals surface area contributed by atoms with E-state index >= 15 is 0 Å². The average Bonchev–Trinajstić information content (AvgIpc) is 2.48. The van der Waals surface area contributed by atoms with Gasteiger partial charge in [-0.1, -0.05) is 36.7 Å². The molecule has 0 spiro atoms. The number of halogens is 2. The summed E-state index contributed by atoms with van der Waals surface area (Å²) >= 11 is 5.74. The van der Waals surface area contributed by atoms with Crippen molar-refractivity contribution in [1.82, 2.24) is 0 Å². The number of hydrogen-bond acceptors (Lipinski definition) is 2. The predicted octanol–water partition coefficient (Wildman–Crippen LogP) is 5.68. The van der Waals surface area contributed by atoms with Crippen LogP contribution in [0, 0.1) is 10.5 Å². The minimum absolute atomic E-state index is 0.0177. The molecule has 0 saturated heterocycles. The Morgan fingerprint density at radius 2 is 1.92 bits per heavy atom. The number of amides is 1. The van der Waals surface area contributed by atoms with Crippen molar-refractivity contribution >= 4 is 50.1 Å². The summed E-state index contributed by atoms with van der Waals surface area (Å²) in [6.07, 6.45) is 0. The van der Waals surface area contributed by atoms with E-state index < -0.39 is 0 Å². The van der Waals surface area contributed by atoms with E-state index in [4.69, 9.17) is 4.74 Å². The van der Waals surface area contributed by atoms with E-state index in [9.17, 15) is 4.79 Å². The molecule has 2 aromatic rings. The van der Waals surface area contributed by atoms with Crippen molar-refractivity contribution < 1.29 is 9.53 Å². The third-order valence-electron chi connectivity index (χ3n) is 3.57. The molecule has 2 rings (SSSR count). The molecule has 0 unspecified atom stereocenters. The van der Waals surface area contributed by atoms with Crippen molar-refractivity contribution in [2.45, 2.75) is 33.1 Å². The van der Waals surface area contributed by atoms with Gasteiger partial charge in [0.1, 0.15) is 5.75 Å². The molecule has 0 saturated carbocycles. The number of nitrogens with one attached hydrogen (secondary N) is 1. The highest BCUT2D eigenvalue weighted by Gasteiger charge is 2.20. The van der Waals surface area contributed by atoms with Crippen LogP contribution >= 0.6 is 38.5 Å². The Labute approximate surface area is 165 Å². The van der Waals surface area contributed by atoms with Crippen LogP contribution in [0.4, 0.5) is 5.69 Å². The molecule has 0 aliphatic heterocycles. The zero-order chi connectivity index (χ0) is 17.9. The highest BCUT2D eigenvalue weighted by Crippen LogP contribution is 2.33. The SMILES string of the molecule is Cc1cc(I)ccc1NC(=O)COc1ccc(Br)cc1C(C)(C)C. The fourth-order valence-corrected chi connectivity index (χ4v) is 3.32. The highest BCUT2D eigenvalue weighted by atomic mass is 127. The van der Waals surface area contributed by atoms with Crippen LogP contribution in [0.5, 0.6) is 5.75 Å². The molecule has 0 aromatic heterocycles. The lowest BCUT2D eigenvalue weighted by atomic mass is 9.86. The van der Waals surface area contributed by atoms with E-state index in [-0.39, 0.29) is 17.9 Å². The van der Waals surface area contributed by atoms with Gasteiger partial charge in [0.15, 0.2) is 6.61 Å². The van der Waals surface area contributed by atoms with Gasteiger partial charge in [-0.3, -0.25) is 4.79 Å². The molecule has 1 N–H and O–H groups in total. The number of carbonyl (C=O) groups is 1. The Balaban J connectivity index is 2.07. The van der Waals surface area contributed by atoms with Crippen molar-refractivity contribution in [2.24, 2.45) is 0 Å². The van der Waals surface area contributed by atoms with Gasteiger partial charge in [0, 0.05) is 19.3 Å². The van der Waals surface area contributed by atoms with Gasteiger partial charge in [0.05, 0.1) is 0 Å². The molecule has 3 nitrogen and oxygen atoms in total. The Morgan fingerprint density at radius 3 is 2.54 bits per heavy atom. The average molecular weight is 502 g/mol. The first kappa shape index (κ1) is 19.2. The molecule has 128 valence electrons. The summed E-state index contributed by atoms with van der Waals surface area (Å²) in [6, 6.07) is 11.8. The van der Waals surface area contributed by atoms with Gasteiger partial charge < -0.3 is 10.1 Å². The number of anilines is 1. The lowest BCUT2D eigenvalue weighted by Gasteiger charge is -2.23. The van der Waals surface area contributed by atoms with Gasteiger partial charge in [0.2, 0.25) is 0 Å². The molecule has 24 heavy (non-hydrogen) atoms. The summed E-state index contributed by atoms with van der Waals surface area (Å²) in [7, 11) is 0. The number of benzene rings is 2. The molecule has 0 fully saturated rings. The molecular formula is C19H21BrINO2. The molecular weight excluding hydrogens is 481 g/mol. The molecule has 2 aromatic carbocycles. The normalized spacial score (nSPS) is 11.2. The van der Waals surface area contributed by atoms with Crippen LogP contribution in [0.25, 0.3) is 0 Å². The zero-order valence-corrected chi connectivity index (χ0v) is 18.0. The second-order valence-corrected chi connectivity index (χ2v) is 8.85. The van der Waals surface area contributed by atoms with Crippen LogP contribution in [0.2, 0.25) is 0 Å². The Kier molecular flexibility index (Phi) is 6.31. The number of aryl methyl sites for hydroxylation is 1. The van der Waals surface area contributed by atoms with Crippen molar-refractivity contribution in [3.8, 4) is 5.75 Å². The standard InChI is InChI=1S/C19H21BrINO2/c1-12-9-14(21)6-7-16(12)22-18(23)11-24-17-8-5-13(20)10-15(17)19(2,3)4/h5-10H,11H2,1-4H3,(H,22,23). The van der Waals surface area contributed by atoms with E-state index in [0.717, 1.165) is 30.6 Å². The Hall–Kier alpha value is -1.08. The Bertz CT molecular complexity index is 754. The monoisotopic (exact) mass is 501 g/mol. The van der Waals surface area contributed by atoms with Crippen LogP contribution in [-0.4, -0.2) is 12.5 Å². The van der Waals surface area contributed by atoms with Gasteiger partial charge in [-0.05, 0) is 76.9 Å². The molecule has 5 heteroatoms. The molecule has 0 aliphatic rings. The number of rotatable bonds is 4. The fourth-order valence-electron chi connectivity index (χ4n) is 2.31. The first-order valence-electron chi connectivity index (χ1n) is 7.65. The predicted molar refractivity (Wildman–Crippen MR) is 111 cm³/mol. The summed E-state index contributed by atoms with van der Waals surface area (Å²) in [6.45, 7) is 8.32. The van der Waals surface area contributed by atoms with Crippen molar-refractivity contribution in [3.05, 3.63) is 55.6 Å². The van der Waals surface area contributed by atoms with E-state index in [1.807, 2.05) is 43.3 Å². The van der Waals surface area contributed by atoms with Gasteiger partial charge in [-0.25, -0.2) is 0 Å². The van der Waals surface area contributed by atoms with Gasteiger partial charge >= 0.3 is 0 Å². The minimum Gasteiger partial charge on any atom is -0.483 e. The first-order valence-corrected chi connectivity index (χ1v) is 9.53. The van der Waals surface area contributed by atoms with E-state index in [2.05, 4.69) is 64.6 Å². The topological polar surface area (TPSA) is 38.3 Å². The summed E-state index contributed by atoms with van der Waals surface area (Å²) in [5.74, 6) is 0.572. The van der Waals surface area contributed by atoms with Crippen LogP contribution in [0.15, 0.2) is 40.9 Å². The maximum Gasteiger partial charge on any atom is 0.262 e. The summed E-state index contributed by atoms with van der Waals surface area (Å²) < 4.78 is 7.92. The zero-order valence-electron chi connectivity index (χ0n) is 14.2. The van der Waals surface area contributed by atoms with E-state index in [1.54, 1.807) is 0 Å². The Morgan fingerprint density at radius 1 is 1.21 bits per heavy atom. The largest absolute Gasteiger partial charge is 0.483 e. The fraction of sp³-hybridized carbons (Fsp3) is 0.316. The van der Waals surface area contributed by atoms with Crippen LogP contribution in [-0.2, 0) is 10.2 Å². The smallest absolute Gasteiger partial charge is 0.262 e. The third-order valence-corrected chi connectivity index (χ3v) is 4.74. The van der Waals surface area contributed by atoms with E-state index in [1.165, 1.54) is 0 Å². The van der Waals surface area contributed by atoms with Crippen molar-refractivity contribution in [3.63, 3.8) is 0 Å². The molecule has 0 radical (unpaired) electrons. The van der Waals surface area contributed by atoms with Gasteiger partial charge in [0.25, 0.3) is 5.91 Å².